The fraction of sp³-hybridized carbons (Fsp3) is 0.0909. The number of hydrogen-bond acceptors (Lipinski definition) is 1. The topological polar surface area (TPSA) is 0 Å². The van der Waals surface area contributed by atoms with Crippen molar-refractivity contribution < 1.29 is 4.39 Å². The van der Waals surface area contributed by atoms with Crippen LogP contribution in [0.25, 0.3) is 0 Å². The van der Waals surface area contributed by atoms with Crippen molar-refractivity contribution in [2.45, 2.75) is 4.83 Å². The molecule has 0 nitrogen and oxygen atoms in total. The summed E-state index contributed by atoms with van der Waals surface area (Å²) in [6.45, 7) is 0. The minimum atomic E-state index is -0.379. The van der Waals surface area contributed by atoms with Crippen LogP contribution in [-0.2, 0) is 0 Å². The molecule has 1 unspecified atom stereocenters. The molecule has 0 saturated carbocycles. The lowest BCUT2D eigenvalue weighted by atomic mass is 10.1. The SMILES string of the molecule is Fc1cccc(C(Br)c2cccs2)c1Cl. The first-order valence-corrected chi connectivity index (χ1v) is 6.49. The van der Waals surface area contributed by atoms with E-state index in [1.165, 1.54) is 6.07 Å². The van der Waals surface area contributed by atoms with E-state index in [4.69, 9.17) is 11.6 Å². The van der Waals surface area contributed by atoms with Gasteiger partial charge < -0.3 is 0 Å². The maximum atomic E-state index is 13.2. The second kappa shape index (κ2) is 4.64. The van der Waals surface area contributed by atoms with Crippen LogP contribution in [0.1, 0.15) is 15.3 Å². The molecule has 1 aromatic carbocycles. The molecule has 0 spiro atoms. The number of hydrogen-bond donors (Lipinski definition) is 0. The van der Waals surface area contributed by atoms with E-state index in [-0.39, 0.29) is 15.7 Å². The first-order chi connectivity index (χ1) is 7.20. The van der Waals surface area contributed by atoms with Crippen LogP contribution < -0.4 is 0 Å². The van der Waals surface area contributed by atoms with E-state index in [2.05, 4.69) is 15.9 Å². The summed E-state index contributed by atoms with van der Waals surface area (Å²) < 4.78 is 13.2. The van der Waals surface area contributed by atoms with Gasteiger partial charge in [-0.2, -0.15) is 0 Å². The first-order valence-electron chi connectivity index (χ1n) is 4.31. The van der Waals surface area contributed by atoms with Gasteiger partial charge in [-0.25, -0.2) is 4.39 Å². The van der Waals surface area contributed by atoms with Crippen molar-refractivity contribution in [3.63, 3.8) is 0 Å². The van der Waals surface area contributed by atoms with Crippen LogP contribution in [-0.4, -0.2) is 0 Å². The highest BCUT2D eigenvalue weighted by molar-refractivity contribution is 9.09. The molecule has 2 aromatic rings. The lowest BCUT2D eigenvalue weighted by Gasteiger charge is -2.10. The van der Waals surface area contributed by atoms with E-state index in [1.807, 2.05) is 23.6 Å². The molecule has 1 aromatic heterocycles. The van der Waals surface area contributed by atoms with Gasteiger partial charge >= 0.3 is 0 Å². The van der Waals surface area contributed by atoms with Crippen LogP contribution in [0.2, 0.25) is 5.02 Å². The smallest absolute Gasteiger partial charge is 0.142 e. The van der Waals surface area contributed by atoms with Gasteiger partial charge in [0.1, 0.15) is 5.82 Å². The number of alkyl halides is 1. The van der Waals surface area contributed by atoms with Crippen LogP contribution >= 0.6 is 38.9 Å². The van der Waals surface area contributed by atoms with Crippen molar-refractivity contribution >= 4 is 38.9 Å². The molecule has 0 aliphatic rings. The fourth-order valence-corrected chi connectivity index (χ4v) is 3.25. The van der Waals surface area contributed by atoms with E-state index >= 15 is 0 Å². The summed E-state index contributed by atoms with van der Waals surface area (Å²) in [7, 11) is 0. The van der Waals surface area contributed by atoms with Gasteiger partial charge in [0.05, 0.1) is 9.85 Å². The molecular weight excluding hydrogens is 299 g/mol. The van der Waals surface area contributed by atoms with Gasteiger partial charge in [-0.05, 0) is 23.1 Å². The van der Waals surface area contributed by atoms with Crippen LogP contribution in [0.4, 0.5) is 4.39 Å². The van der Waals surface area contributed by atoms with Gasteiger partial charge in [0.25, 0.3) is 0 Å². The maximum Gasteiger partial charge on any atom is 0.142 e. The standard InChI is InChI=1S/C11H7BrClFS/c12-10(9-5-2-6-15-9)7-3-1-4-8(14)11(7)13/h1-6,10H. The van der Waals surface area contributed by atoms with Crippen molar-refractivity contribution in [3.8, 4) is 0 Å². The molecule has 2 rings (SSSR count). The van der Waals surface area contributed by atoms with Gasteiger partial charge in [0.2, 0.25) is 0 Å². The molecule has 0 fully saturated rings. The Kier molecular flexibility index (Phi) is 3.44. The van der Waals surface area contributed by atoms with E-state index in [0.717, 1.165) is 10.4 Å². The number of benzene rings is 1. The summed E-state index contributed by atoms with van der Waals surface area (Å²) in [6, 6.07) is 8.80. The summed E-state index contributed by atoms with van der Waals surface area (Å²) in [5.74, 6) is -0.379. The Labute approximate surface area is 105 Å². The molecule has 0 bridgehead atoms. The largest absolute Gasteiger partial charge is 0.205 e. The van der Waals surface area contributed by atoms with Crippen molar-refractivity contribution in [1.82, 2.24) is 0 Å². The predicted molar refractivity (Wildman–Crippen MR) is 66.5 cm³/mol. The Morgan fingerprint density at radius 2 is 2.07 bits per heavy atom. The van der Waals surface area contributed by atoms with Gasteiger partial charge in [-0.15, -0.1) is 11.3 Å². The zero-order valence-electron chi connectivity index (χ0n) is 7.58. The number of thiophene rings is 1. The van der Waals surface area contributed by atoms with Crippen molar-refractivity contribution in [3.05, 3.63) is 57.0 Å². The van der Waals surface area contributed by atoms with Crippen LogP contribution in [0.5, 0.6) is 0 Å². The average molecular weight is 306 g/mol. The molecule has 78 valence electrons. The Morgan fingerprint density at radius 3 is 2.73 bits per heavy atom. The fourth-order valence-electron chi connectivity index (χ4n) is 1.30. The third-order valence-electron chi connectivity index (χ3n) is 2.05. The normalized spacial score (nSPS) is 12.7. The molecule has 0 amide bonds. The first kappa shape index (κ1) is 11.1. The summed E-state index contributed by atoms with van der Waals surface area (Å²) in [5, 5.41) is 2.17. The highest BCUT2D eigenvalue weighted by Crippen LogP contribution is 2.37. The second-order valence-electron chi connectivity index (χ2n) is 3.02. The Hall–Kier alpha value is -0.380. The summed E-state index contributed by atoms with van der Waals surface area (Å²) >= 11 is 11.0. The molecule has 4 heteroatoms. The number of halogens is 3. The molecule has 15 heavy (non-hydrogen) atoms. The summed E-state index contributed by atoms with van der Waals surface area (Å²) in [5.41, 5.74) is 0.763. The zero-order valence-corrected chi connectivity index (χ0v) is 10.7. The highest BCUT2D eigenvalue weighted by atomic mass is 79.9. The maximum absolute atomic E-state index is 13.2. The van der Waals surface area contributed by atoms with Gasteiger partial charge in [-0.3, -0.25) is 0 Å². The lowest BCUT2D eigenvalue weighted by molar-refractivity contribution is 0.626. The summed E-state index contributed by atoms with van der Waals surface area (Å²) in [4.78, 5) is 1.07. The Bertz CT molecular complexity index is 456. The average Bonchev–Trinajstić information content (AvgIpc) is 2.74. The van der Waals surface area contributed by atoms with E-state index in [1.54, 1.807) is 17.4 Å². The molecule has 0 aliphatic heterocycles. The van der Waals surface area contributed by atoms with E-state index in [0.29, 0.717) is 0 Å². The van der Waals surface area contributed by atoms with Crippen molar-refractivity contribution in [2.75, 3.05) is 0 Å². The van der Waals surface area contributed by atoms with Gasteiger partial charge in [0.15, 0.2) is 0 Å². The molecule has 1 heterocycles. The highest BCUT2D eigenvalue weighted by Gasteiger charge is 2.16. The third kappa shape index (κ3) is 2.25. The Morgan fingerprint density at radius 1 is 1.27 bits per heavy atom. The van der Waals surface area contributed by atoms with Gasteiger partial charge in [-0.1, -0.05) is 45.7 Å². The number of rotatable bonds is 2. The van der Waals surface area contributed by atoms with Gasteiger partial charge in [0, 0.05) is 4.88 Å². The molecular formula is C11H7BrClFS. The molecule has 0 radical (unpaired) electrons. The zero-order chi connectivity index (χ0) is 10.8. The van der Waals surface area contributed by atoms with Crippen LogP contribution in [0.15, 0.2) is 35.7 Å². The van der Waals surface area contributed by atoms with Crippen LogP contribution in [0.3, 0.4) is 0 Å². The van der Waals surface area contributed by atoms with E-state index in [9.17, 15) is 4.39 Å². The monoisotopic (exact) mass is 304 g/mol. The molecule has 1 atom stereocenters. The second-order valence-corrected chi connectivity index (χ2v) is 5.29. The minimum absolute atomic E-state index is 0.0410. The van der Waals surface area contributed by atoms with Crippen LogP contribution in [0, 0.1) is 5.82 Å². The summed E-state index contributed by atoms with van der Waals surface area (Å²) in [6.07, 6.45) is 0. The third-order valence-corrected chi connectivity index (χ3v) is 4.67. The minimum Gasteiger partial charge on any atom is -0.205 e. The predicted octanol–water partition coefficient (Wildman–Crippen LogP) is 5.02. The quantitative estimate of drug-likeness (QED) is 0.683. The Balaban J connectivity index is 2.42. The molecule has 0 N–H and O–H groups in total. The van der Waals surface area contributed by atoms with Crippen molar-refractivity contribution in [1.29, 1.82) is 0 Å². The lowest BCUT2D eigenvalue weighted by Crippen LogP contribution is -1.92. The molecule has 0 aliphatic carbocycles. The van der Waals surface area contributed by atoms with E-state index < -0.39 is 0 Å². The van der Waals surface area contributed by atoms with Crippen molar-refractivity contribution in [2.24, 2.45) is 0 Å². The molecule has 0 saturated heterocycles.